The van der Waals surface area contributed by atoms with Crippen molar-refractivity contribution >= 4 is 54.5 Å². The maximum atomic E-state index is 3.42. The van der Waals surface area contributed by atoms with Gasteiger partial charge >= 0.3 is 0 Å². The maximum absolute atomic E-state index is 3.42. The molecule has 0 heterocycles. The molecule has 0 aliphatic carbocycles. The van der Waals surface area contributed by atoms with E-state index in [1.807, 2.05) is 19.9 Å². The van der Waals surface area contributed by atoms with Gasteiger partial charge < -0.3 is 0 Å². The maximum Gasteiger partial charge on any atom is 0.0293 e. The minimum Gasteiger partial charge on any atom is -0.0876 e. The zero-order chi connectivity index (χ0) is 9.56. The van der Waals surface area contributed by atoms with E-state index in [1.54, 1.807) is 0 Å². The van der Waals surface area contributed by atoms with Crippen LogP contribution in [-0.4, -0.2) is 0 Å². The van der Waals surface area contributed by atoms with Gasteiger partial charge in [0.2, 0.25) is 0 Å². The van der Waals surface area contributed by atoms with Crippen LogP contribution >= 0.6 is 54.5 Å². The van der Waals surface area contributed by atoms with E-state index in [2.05, 4.69) is 66.6 Å². The normalized spacial score (nSPS) is 8.75. The predicted octanol–water partition coefficient (Wildman–Crippen LogP) is 4.97. The molecule has 0 aromatic heterocycles. The number of rotatable bonds is 1. The van der Waals surface area contributed by atoms with Crippen LogP contribution in [0.5, 0.6) is 0 Å². The second-order valence-electron chi connectivity index (χ2n) is 1.87. The number of benzene rings is 1. The lowest BCUT2D eigenvalue weighted by molar-refractivity contribution is 1.38. The smallest absolute Gasteiger partial charge is 0.0293 e. The first-order chi connectivity index (χ1) is 5.74. The monoisotopic (exact) mass is 404 g/mol. The fourth-order valence-corrected chi connectivity index (χ4v) is 2.57. The zero-order valence-corrected chi connectivity index (χ0v) is 12.4. The van der Waals surface area contributed by atoms with Crippen LogP contribution in [0.2, 0.25) is 0 Å². The third-order valence-electron chi connectivity index (χ3n) is 1.15. The van der Waals surface area contributed by atoms with Crippen LogP contribution < -0.4 is 0 Å². The van der Waals surface area contributed by atoms with E-state index < -0.39 is 0 Å². The Balaban J connectivity index is 0.000000561. The summed E-state index contributed by atoms with van der Waals surface area (Å²) in [7, 11) is 0. The molecule has 3 heteroatoms. The minimum absolute atomic E-state index is 0.921. The van der Waals surface area contributed by atoms with Crippen molar-refractivity contribution in [3.05, 3.63) is 31.8 Å². The Morgan fingerprint density at radius 1 is 1.33 bits per heavy atom. The lowest BCUT2D eigenvalue weighted by atomic mass is 10.2. The fourth-order valence-electron chi connectivity index (χ4n) is 0.646. The molecule has 1 aromatic carbocycles. The van der Waals surface area contributed by atoms with Gasteiger partial charge in [0.15, 0.2) is 0 Å². The van der Waals surface area contributed by atoms with E-state index in [4.69, 9.17) is 0 Å². The Morgan fingerprint density at radius 2 is 1.92 bits per heavy atom. The highest BCUT2D eigenvalue weighted by atomic mass is 127. The first-order valence-corrected chi connectivity index (χ1v) is 6.73. The molecular formula is C9H11Br2I. The molecule has 0 atom stereocenters. The molecular weight excluding hydrogens is 395 g/mol. The van der Waals surface area contributed by atoms with Gasteiger partial charge in [-0.3, -0.25) is 0 Å². The standard InChI is InChI=1S/C7H5Br2I.C2H6/c8-4-5-3-6(9)1-2-7(5)10;1-2/h1-3H,4H2;1-2H3. The summed E-state index contributed by atoms with van der Waals surface area (Å²) in [6.07, 6.45) is 0. The summed E-state index contributed by atoms with van der Waals surface area (Å²) < 4.78 is 2.44. The molecule has 12 heavy (non-hydrogen) atoms. The second kappa shape index (κ2) is 7.33. The van der Waals surface area contributed by atoms with Crippen LogP contribution in [0, 0.1) is 3.57 Å². The van der Waals surface area contributed by atoms with Crippen molar-refractivity contribution in [2.45, 2.75) is 19.2 Å². The van der Waals surface area contributed by atoms with Crippen molar-refractivity contribution in [1.29, 1.82) is 0 Å². The Hall–Kier alpha value is 0.910. The summed E-state index contributed by atoms with van der Waals surface area (Å²) >= 11 is 9.16. The summed E-state index contributed by atoms with van der Waals surface area (Å²) in [4.78, 5) is 0. The molecule has 0 saturated heterocycles. The highest BCUT2D eigenvalue weighted by molar-refractivity contribution is 14.1. The van der Waals surface area contributed by atoms with Gasteiger partial charge in [0, 0.05) is 13.4 Å². The third-order valence-corrected chi connectivity index (χ3v) is 3.30. The van der Waals surface area contributed by atoms with Gasteiger partial charge in [0.1, 0.15) is 0 Å². The van der Waals surface area contributed by atoms with Crippen LogP contribution in [0.4, 0.5) is 0 Å². The third kappa shape index (κ3) is 4.23. The summed E-state index contributed by atoms with van der Waals surface area (Å²) in [6, 6.07) is 6.27. The number of alkyl halides is 1. The quantitative estimate of drug-likeness (QED) is 0.457. The predicted molar refractivity (Wildman–Crippen MR) is 70.8 cm³/mol. The van der Waals surface area contributed by atoms with E-state index in [9.17, 15) is 0 Å². The van der Waals surface area contributed by atoms with Gasteiger partial charge in [-0.15, -0.1) is 0 Å². The molecule has 0 amide bonds. The van der Waals surface area contributed by atoms with Crippen molar-refractivity contribution in [3.8, 4) is 0 Å². The van der Waals surface area contributed by atoms with Gasteiger partial charge in [0.25, 0.3) is 0 Å². The first kappa shape index (κ1) is 12.9. The lowest BCUT2D eigenvalue weighted by Crippen LogP contribution is -1.82. The zero-order valence-electron chi connectivity index (χ0n) is 7.07. The van der Waals surface area contributed by atoms with Gasteiger partial charge in [0.05, 0.1) is 0 Å². The number of halogens is 3. The van der Waals surface area contributed by atoms with E-state index in [1.165, 1.54) is 9.13 Å². The molecule has 1 rings (SSSR count). The van der Waals surface area contributed by atoms with Crippen LogP contribution in [0.1, 0.15) is 19.4 Å². The van der Waals surface area contributed by atoms with Crippen molar-refractivity contribution in [3.63, 3.8) is 0 Å². The van der Waals surface area contributed by atoms with E-state index in [0.29, 0.717) is 0 Å². The van der Waals surface area contributed by atoms with E-state index in [-0.39, 0.29) is 0 Å². The molecule has 0 N–H and O–H groups in total. The van der Waals surface area contributed by atoms with Crippen LogP contribution in [-0.2, 0) is 5.33 Å². The van der Waals surface area contributed by atoms with Crippen molar-refractivity contribution in [2.24, 2.45) is 0 Å². The molecule has 0 bridgehead atoms. The fraction of sp³-hybridized carbons (Fsp3) is 0.333. The molecule has 0 nitrogen and oxygen atoms in total. The molecule has 0 radical (unpaired) electrons. The highest BCUT2D eigenvalue weighted by Gasteiger charge is 1.96. The Bertz CT molecular complexity index is 236. The average molecular weight is 406 g/mol. The Kier molecular flexibility index (Phi) is 7.88. The summed E-state index contributed by atoms with van der Waals surface area (Å²) in [6.45, 7) is 4.00. The highest BCUT2D eigenvalue weighted by Crippen LogP contribution is 2.20. The van der Waals surface area contributed by atoms with Crippen molar-refractivity contribution in [2.75, 3.05) is 0 Å². The molecule has 0 unspecified atom stereocenters. The largest absolute Gasteiger partial charge is 0.0876 e. The summed E-state index contributed by atoms with van der Waals surface area (Å²) in [5.41, 5.74) is 1.33. The first-order valence-electron chi connectivity index (χ1n) is 3.74. The van der Waals surface area contributed by atoms with Crippen molar-refractivity contribution in [1.82, 2.24) is 0 Å². The van der Waals surface area contributed by atoms with Gasteiger partial charge in [-0.2, -0.15) is 0 Å². The lowest BCUT2D eigenvalue weighted by Gasteiger charge is -1.99. The molecule has 1 aromatic rings. The van der Waals surface area contributed by atoms with E-state index in [0.717, 1.165) is 9.80 Å². The Morgan fingerprint density at radius 3 is 2.33 bits per heavy atom. The van der Waals surface area contributed by atoms with Gasteiger partial charge in [-0.05, 0) is 46.4 Å². The van der Waals surface area contributed by atoms with Gasteiger partial charge in [-0.25, -0.2) is 0 Å². The molecule has 0 aliphatic heterocycles. The SMILES string of the molecule is BrCc1cc(Br)ccc1I.CC. The van der Waals surface area contributed by atoms with Crippen LogP contribution in [0.3, 0.4) is 0 Å². The topological polar surface area (TPSA) is 0 Å². The number of hydrogen-bond acceptors (Lipinski definition) is 0. The second-order valence-corrected chi connectivity index (χ2v) is 4.51. The van der Waals surface area contributed by atoms with Crippen LogP contribution in [0.25, 0.3) is 0 Å². The van der Waals surface area contributed by atoms with E-state index >= 15 is 0 Å². The van der Waals surface area contributed by atoms with Crippen LogP contribution in [0.15, 0.2) is 22.7 Å². The molecule has 0 aliphatic rings. The molecule has 0 spiro atoms. The average Bonchev–Trinajstić information content (AvgIpc) is 2.13. The molecule has 68 valence electrons. The van der Waals surface area contributed by atoms with Gasteiger partial charge in [-0.1, -0.05) is 45.7 Å². The number of hydrogen-bond donors (Lipinski definition) is 0. The molecule has 0 fully saturated rings. The minimum atomic E-state index is 0.921. The summed E-state index contributed by atoms with van der Waals surface area (Å²) in [5.74, 6) is 0. The molecule has 0 saturated carbocycles. The Labute approximate surface area is 105 Å². The van der Waals surface area contributed by atoms with Crippen molar-refractivity contribution < 1.29 is 0 Å². The summed E-state index contributed by atoms with van der Waals surface area (Å²) in [5, 5.41) is 0.921.